The second-order valence-corrected chi connectivity index (χ2v) is 7.11. The van der Waals surface area contributed by atoms with Crippen LogP contribution in [0.4, 0.5) is 0 Å². The van der Waals surface area contributed by atoms with Crippen molar-refractivity contribution in [2.75, 3.05) is 7.11 Å². The van der Waals surface area contributed by atoms with Gasteiger partial charge in [-0.15, -0.1) is 11.3 Å². The summed E-state index contributed by atoms with van der Waals surface area (Å²) in [4.78, 5) is 21.8. The molecule has 126 valence electrons. The zero-order valence-electron chi connectivity index (χ0n) is 14.4. The molecule has 0 saturated carbocycles. The van der Waals surface area contributed by atoms with Crippen molar-refractivity contribution in [3.05, 3.63) is 39.0 Å². The quantitative estimate of drug-likeness (QED) is 0.775. The number of H-pyrrole nitrogens is 1. The minimum absolute atomic E-state index is 0.0519. The van der Waals surface area contributed by atoms with E-state index in [-0.39, 0.29) is 11.7 Å². The Labute approximate surface area is 144 Å². The summed E-state index contributed by atoms with van der Waals surface area (Å²) in [5.74, 6) is 1.81. The number of rotatable bonds is 4. The summed E-state index contributed by atoms with van der Waals surface area (Å²) in [6, 6.07) is 5.54. The van der Waals surface area contributed by atoms with Crippen LogP contribution in [-0.2, 0) is 0 Å². The number of benzene rings is 1. The molecule has 0 spiro atoms. The molecule has 0 radical (unpaired) electrons. The zero-order valence-corrected chi connectivity index (χ0v) is 15.2. The molecular weight excluding hydrogens is 324 g/mol. The van der Waals surface area contributed by atoms with Gasteiger partial charge in [0.25, 0.3) is 5.56 Å². The Balaban J connectivity index is 2.12. The van der Waals surface area contributed by atoms with E-state index in [1.807, 2.05) is 45.9 Å². The topological polar surface area (TPSA) is 64.2 Å². The zero-order chi connectivity index (χ0) is 17.4. The fraction of sp³-hybridized carbons (Fsp3) is 0.333. The Morgan fingerprint density at radius 3 is 2.62 bits per heavy atom. The molecule has 3 aromatic rings. The van der Waals surface area contributed by atoms with E-state index in [0.29, 0.717) is 22.7 Å². The van der Waals surface area contributed by atoms with Crippen molar-refractivity contribution in [2.45, 2.75) is 33.8 Å². The van der Waals surface area contributed by atoms with E-state index in [1.54, 1.807) is 7.11 Å². The van der Waals surface area contributed by atoms with Gasteiger partial charge in [-0.05, 0) is 51.5 Å². The molecule has 2 aromatic heterocycles. The van der Waals surface area contributed by atoms with Crippen molar-refractivity contribution < 1.29 is 9.47 Å². The molecule has 0 bridgehead atoms. The Kier molecular flexibility index (Phi) is 4.32. The van der Waals surface area contributed by atoms with Crippen LogP contribution in [0.25, 0.3) is 21.6 Å². The smallest absolute Gasteiger partial charge is 0.260 e. The fourth-order valence-electron chi connectivity index (χ4n) is 2.56. The Bertz CT molecular complexity index is 957. The Morgan fingerprint density at radius 2 is 1.96 bits per heavy atom. The molecule has 5 nitrogen and oxygen atoms in total. The highest BCUT2D eigenvalue weighted by Gasteiger charge is 2.14. The van der Waals surface area contributed by atoms with Gasteiger partial charge in [-0.3, -0.25) is 4.79 Å². The van der Waals surface area contributed by atoms with E-state index in [2.05, 4.69) is 9.97 Å². The third kappa shape index (κ3) is 2.89. The lowest BCUT2D eigenvalue weighted by Gasteiger charge is -2.14. The predicted octanol–water partition coefficient (Wildman–Crippen LogP) is 4.06. The maximum absolute atomic E-state index is 12.4. The van der Waals surface area contributed by atoms with Gasteiger partial charge in [-0.25, -0.2) is 4.98 Å². The van der Waals surface area contributed by atoms with Crippen LogP contribution in [0.2, 0.25) is 0 Å². The number of hydrogen-bond acceptors (Lipinski definition) is 5. The number of aromatic amines is 1. The van der Waals surface area contributed by atoms with Crippen LogP contribution in [0.3, 0.4) is 0 Å². The number of ether oxygens (including phenoxy) is 2. The van der Waals surface area contributed by atoms with E-state index >= 15 is 0 Å². The van der Waals surface area contributed by atoms with Crippen LogP contribution in [0.5, 0.6) is 11.5 Å². The van der Waals surface area contributed by atoms with Crippen LogP contribution in [0, 0.1) is 13.8 Å². The number of nitrogens with one attached hydrogen (secondary N) is 1. The number of fused-ring (bicyclic) bond motifs is 1. The minimum Gasteiger partial charge on any atom is -0.493 e. The minimum atomic E-state index is -0.113. The third-order valence-electron chi connectivity index (χ3n) is 3.84. The van der Waals surface area contributed by atoms with Gasteiger partial charge >= 0.3 is 0 Å². The van der Waals surface area contributed by atoms with Gasteiger partial charge in [0, 0.05) is 10.4 Å². The fourth-order valence-corrected chi connectivity index (χ4v) is 3.59. The normalized spacial score (nSPS) is 11.2. The summed E-state index contributed by atoms with van der Waals surface area (Å²) in [6.45, 7) is 7.87. The first-order chi connectivity index (χ1) is 11.4. The van der Waals surface area contributed by atoms with Crippen molar-refractivity contribution in [2.24, 2.45) is 0 Å². The Morgan fingerprint density at radius 1 is 1.21 bits per heavy atom. The Hall–Kier alpha value is -2.34. The molecule has 0 atom stereocenters. The average Bonchev–Trinajstić information content (AvgIpc) is 2.82. The maximum Gasteiger partial charge on any atom is 0.260 e. The molecule has 2 heterocycles. The number of aromatic nitrogens is 2. The molecule has 6 heteroatoms. The first-order valence-corrected chi connectivity index (χ1v) is 8.57. The molecule has 0 aliphatic carbocycles. The molecule has 1 N–H and O–H groups in total. The summed E-state index contributed by atoms with van der Waals surface area (Å²) in [7, 11) is 1.59. The van der Waals surface area contributed by atoms with Crippen LogP contribution >= 0.6 is 11.3 Å². The molecular formula is C18H20N2O3S. The number of aryl methyl sites for hydroxylation is 2. The molecule has 0 saturated heterocycles. The molecule has 0 unspecified atom stereocenters. The lowest BCUT2D eigenvalue weighted by atomic mass is 10.1. The molecule has 0 aliphatic rings. The summed E-state index contributed by atoms with van der Waals surface area (Å²) in [6.07, 6.45) is 0.0519. The van der Waals surface area contributed by atoms with Crippen molar-refractivity contribution in [3.8, 4) is 22.9 Å². The van der Waals surface area contributed by atoms with Gasteiger partial charge in [-0.1, -0.05) is 0 Å². The number of nitrogens with zero attached hydrogens (tertiary/aromatic N) is 1. The van der Waals surface area contributed by atoms with Crippen LogP contribution in [0.15, 0.2) is 23.0 Å². The first kappa shape index (κ1) is 16.5. The molecule has 24 heavy (non-hydrogen) atoms. The van der Waals surface area contributed by atoms with E-state index in [4.69, 9.17) is 9.47 Å². The largest absolute Gasteiger partial charge is 0.493 e. The summed E-state index contributed by atoms with van der Waals surface area (Å²) in [5.41, 5.74) is 1.66. The van der Waals surface area contributed by atoms with Crippen LogP contribution in [-0.4, -0.2) is 23.2 Å². The van der Waals surface area contributed by atoms with E-state index in [9.17, 15) is 4.79 Å². The van der Waals surface area contributed by atoms with Crippen LogP contribution in [0.1, 0.15) is 24.3 Å². The number of hydrogen-bond donors (Lipinski definition) is 1. The van der Waals surface area contributed by atoms with Gasteiger partial charge in [0.2, 0.25) is 0 Å². The number of thiophene rings is 1. The van der Waals surface area contributed by atoms with Crippen molar-refractivity contribution in [1.82, 2.24) is 9.97 Å². The second kappa shape index (κ2) is 6.28. The van der Waals surface area contributed by atoms with Crippen molar-refractivity contribution >= 4 is 21.6 Å². The van der Waals surface area contributed by atoms with Crippen molar-refractivity contribution in [1.29, 1.82) is 0 Å². The van der Waals surface area contributed by atoms with Crippen LogP contribution < -0.4 is 15.0 Å². The lowest BCUT2D eigenvalue weighted by Crippen LogP contribution is -2.09. The standard InChI is InChI=1S/C18H20N2O3S/c1-9(2)23-13-7-6-12(8-14(13)22-5)16-19-17(21)15-10(3)11(4)24-18(15)20-16/h6-9H,1-5H3,(H,19,20,21). The second-order valence-electron chi connectivity index (χ2n) is 5.91. The summed E-state index contributed by atoms with van der Waals surface area (Å²) < 4.78 is 11.1. The van der Waals surface area contributed by atoms with Gasteiger partial charge < -0.3 is 14.5 Å². The maximum atomic E-state index is 12.4. The van der Waals surface area contributed by atoms with Gasteiger partial charge in [0.15, 0.2) is 11.5 Å². The third-order valence-corrected chi connectivity index (χ3v) is 4.94. The molecule has 0 fully saturated rings. The summed E-state index contributed by atoms with van der Waals surface area (Å²) >= 11 is 1.54. The summed E-state index contributed by atoms with van der Waals surface area (Å²) in [5, 5.41) is 0.674. The molecule has 0 aliphatic heterocycles. The SMILES string of the molecule is COc1cc(-c2nc3sc(C)c(C)c3c(=O)[nH]2)ccc1OC(C)C. The highest BCUT2D eigenvalue weighted by Crippen LogP contribution is 2.33. The first-order valence-electron chi connectivity index (χ1n) is 7.75. The molecule has 1 aromatic carbocycles. The highest BCUT2D eigenvalue weighted by molar-refractivity contribution is 7.18. The predicted molar refractivity (Wildman–Crippen MR) is 97.5 cm³/mol. The highest BCUT2D eigenvalue weighted by atomic mass is 32.1. The van der Waals surface area contributed by atoms with E-state index in [0.717, 1.165) is 20.8 Å². The molecule has 3 rings (SSSR count). The van der Waals surface area contributed by atoms with Gasteiger partial charge in [0.1, 0.15) is 10.7 Å². The number of methoxy groups -OCH3 is 1. The van der Waals surface area contributed by atoms with Gasteiger partial charge in [0.05, 0.1) is 18.6 Å². The van der Waals surface area contributed by atoms with E-state index < -0.39 is 0 Å². The van der Waals surface area contributed by atoms with Crippen molar-refractivity contribution in [3.63, 3.8) is 0 Å². The monoisotopic (exact) mass is 344 g/mol. The molecule has 0 amide bonds. The average molecular weight is 344 g/mol. The van der Waals surface area contributed by atoms with E-state index in [1.165, 1.54) is 11.3 Å². The lowest BCUT2D eigenvalue weighted by molar-refractivity contribution is 0.230. The van der Waals surface area contributed by atoms with Gasteiger partial charge in [-0.2, -0.15) is 0 Å².